The molecule has 0 aromatic carbocycles. The summed E-state index contributed by atoms with van der Waals surface area (Å²) >= 11 is 9.65. The van der Waals surface area contributed by atoms with Crippen LogP contribution in [0.1, 0.15) is 47.0 Å². The van der Waals surface area contributed by atoms with Crippen molar-refractivity contribution in [2.45, 2.75) is 56.2 Å². The van der Waals surface area contributed by atoms with E-state index in [9.17, 15) is 0 Å². The molecule has 0 N–H and O–H groups in total. The van der Waals surface area contributed by atoms with Crippen LogP contribution in [0, 0.1) is 0 Å². The summed E-state index contributed by atoms with van der Waals surface area (Å²) in [5.41, 5.74) is 0. The Morgan fingerprint density at radius 1 is 1.09 bits per heavy atom. The van der Waals surface area contributed by atoms with Gasteiger partial charge in [-0.15, -0.1) is 11.6 Å². The molecule has 68 valence electrons. The molecule has 11 heavy (non-hydrogen) atoms. The lowest BCUT2D eigenvalue weighted by atomic mass is 10.0. The van der Waals surface area contributed by atoms with Crippen LogP contribution >= 0.6 is 27.5 Å². The average molecular weight is 242 g/mol. The fourth-order valence-electron chi connectivity index (χ4n) is 0.929. The third kappa shape index (κ3) is 10.8. The van der Waals surface area contributed by atoms with Gasteiger partial charge in [-0.1, -0.05) is 36.2 Å². The van der Waals surface area contributed by atoms with Gasteiger partial charge >= 0.3 is 0 Å². The Balaban J connectivity index is 3.44. The zero-order chi connectivity index (χ0) is 9.12. The fourth-order valence-corrected chi connectivity index (χ4v) is 1.34. The second kappa shape index (κ2) is 4.13. The highest BCUT2D eigenvalue weighted by atomic mass is 79.9. The zero-order valence-electron chi connectivity index (χ0n) is 7.88. The van der Waals surface area contributed by atoms with Crippen LogP contribution < -0.4 is 0 Å². The number of rotatable bonds is 4. The number of halogens is 2. The Labute approximate surface area is 83.8 Å². The molecule has 0 amide bonds. The van der Waals surface area contributed by atoms with Crippen molar-refractivity contribution in [2.75, 3.05) is 0 Å². The van der Waals surface area contributed by atoms with Gasteiger partial charge in [0.1, 0.15) is 0 Å². The van der Waals surface area contributed by atoms with Gasteiger partial charge < -0.3 is 0 Å². The second-order valence-corrected chi connectivity index (χ2v) is 7.46. The van der Waals surface area contributed by atoms with Gasteiger partial charge in [0.05, 0.1) is 0 Å². The normalized spacial score (nSPS) is 13.6. The predicted octanol–water partition coefficient (Wildman–Crippen LogP) is 4.35. The summed E-state index contributed by atoms with van der Waals surface area (Å²) < 4.78 is 0.273. The van der Waals surface area contributed by atoms with Crippen LogP contribution in [0.15, 0.2) is 0 Å². The van der Waals surface area contributed by atoms with Crippen molar-refractivity contribution in [1.82, 2.24) is 0 Å². The van der Waals surface area contributed by atoms with E-state index in [4.69, 9.17) is 11.6 Å². The maximum atomic E-state index is 6.05. The molecule has 0 unspecified atom stereocenters. The summed E-state index contributed by atoms with van der Waals surface area (Å²) in [4.78, 5) is -0.0295. The molecule has 2 heteroatoms. The SMILES string of the molecule is CC(C)(Cl)CCCC(C)(C)Br. The molecular formula is C9H18BrCl. The molecule has 0 aliphatic heterocycles. The van der Waals surface area contributed by atoms with E-state index >= 15 is 0 Å². The molecule has 0 spiro atoms. The van der Waals surface area contributed by atoms with Crippen LogP contribution in [-0.4, -0.2) is 9.20 Å². The highest BCUT2D eigenvalue weighted by Crippen LogP contribution is 2.27. The molecule has 0 heterocycles. The monoisotopic (exact) mass is 240 g/mol. The molecule has 0 aliphatic rings. The summed E-state index contributed by atoms with van der Waals surface area (Å²) in [5, 5.41) is 0. The summed E-state index contributed by atoms with van der Waals surface area (Å²) in [5.74, 6) is 0. The first-order valence-corrected chi connectivity index (χ1v) is 5.26. The first-order valence-electron chi connectivity index (χ1n) is 4.09. The predicted molar refractivity (Wildman–Crippen MR) is 56.8 cm³/mol. The summed E-state index contributed by atoms with van der Waals surface area (Å²) in [7, 11) is 0. The zero-order valence-corrected chi connectivity index (χ0v) is 10.2. The van der Waals surface area contributed by atoms with Gasteiger partial charge in [0, 0.05) is 9.20 Å². The van der Waals surface area contributed by atoms with E-state index in [-0.39, 0.29) is 9.20 Å². The maximum absolute atomic E-state index is 6.05. The van der Waals surface area contributed by atoms with Gasteiger partial charge in [-0.25, -0.2) is 0 Å². The van der Waals surface area contributed by atoms with Crippen LogP contribution in [0.5, 0.6) is 0 Å². The van der Waals surface area contributed by atoms with Crippen molar-refractivity contribution in [3.05, 3.63) is 0 Å². The molecule has 0 aliphatic carbocycles. The summed E-state index contributed by atoms with van der Waals surface area (Å²) in [6.07, 6.45) is 3.46. The molecule has 0 saturated heterocycles. The van der Waals surface area contributed by atoms with Crippen LogP contribution in [0.2, 0.25) is 0 Å². The highest BCUT2D eigenvalue weighted by molar-refractivity contribution is 9.10. The number of hydrogen-bond donors (Lipinski definition) is 0. The summed E-state index contributed by atoms with van der Waals surface area (Å²) in [6, 6.07) is 0. The molecule has 0 atom stereocenters. The fraction of sp³-hybridized carbons (Fsp3) is 1.00. The minimum Gasteiger partial charge on any atom is -0.120 e. The summed E-state index contributed by atoms with van der Waals surface area (Å²) in [6.45, 7) is 8.51. The smallest absolute Gasteiger partial charge is 0.0390 e. The van der Waals surface area contributed by atoms with Gasteiger partial charge in [-0.3, -0.25) is 0 Å². The third-order valence-electron chi connectivity index (χ3n) is 1.54. The molecule has 0 aromatic heterocycles. The Morgan fingerprint density at radius 3 is 1.82 bits per heavy atom. The average Bonchev–Trinajstić information content (AvgIpc) is 1.55. The highest BCUT2D eigenvalue weighted by Gasteiger charge is 2.16. The van der Waals surface area contributed by atoms with Gasteiger partial charge in [0.2, 0.25) is 0 Å². The van der Waals surface area contributed by atoms with Crippen molar-refractivity contribution in [3.63, 3.8) is 0 Å². The van der Waals surface area contributed by atoms with E-state index < -0.39 is 0 Å². The van der Waals surface area contributed by atoms with E-state index in [1.54, 1.807) is 0 Å². The standard InChI is InChI=1S/C9H18BrCl/c1-8(2,10)6-5-7-9(3,4)11/h5-7H2,1-4H3. The van der Waals surface area contributed by atoms with Gasteiger partial charge in [-0.05, 0) is 26.7 Å². The lowest BCUT2D eigenvalue weighted by Crippen LogP contribution is -2.14. The van der Waals surface area contributed by atoms with Crippen LogP contribution in [0.3, 0.4) is 0 Å². The van der Waals surface area contributed by atoms with Crippen molar-refractivity contribution in [3.8, 4) is 0 Å². The van der Waals surface area contributed by atoms with E-state index in [0.717, 1.165) is 6.42 Å². The Kier molecular flexibility index (Phi) is 4.42. The lowest BCUT2D eigenvalue weighted by molar-refractivity contribution is 0.528. The van der Waals surface area contributed by atoms with Crippen LogP contribution in [0.25, 0.3) is 0 Å². The molecule has 0 fully saturated rings. The minimum absolute atomic E-state index is 0.0295. The molecule has 0 rings (SSSR count). The molecular weight excluding hydrogens is 223 g/mol. The van der Waals surface area contributed by atoms with Crippen LogP contribution in [0.4, 0.5) is 0 Å². The molecule has 0 aromatic rings. The van der Waals surface area contributed by atoms with Crippen molar-refractivity contribution < 1.29 is 0 Å². The lowest BCUT2D eigenvalue weighted by Gasteiger charge is -2.19. The first-order chi connectivity index (χ1) is 4.71. The third-order valence-corrected chi connectivity index (χ3v) is 2.13. The largest absolute Gasteiger partial charge is 0.120 e. The van der Waals surface area contributed by atoms with Crippen LogP contribution in [-0.2, 0) is 0 Å². The number of hydrogen-bond acceptors (Lipinski definition) is 0. The quantitative estimate of drug-likeness (QED) is 0.642. The Bertz CT molecular complexity index is 93.7. The van der Waals surface area contributed by atoms with Crippen molar-refractivity contribution in [1.29, 1.82) is 0 Å². The maximum Gasteiger partial charge on any atom is 0.0390 e. The van der Waals surface area contributed by atoms with E-state index in [1.165, 1.54) is 12.8 Å². The van der Waals surface area contributed by atoms with E-state index in [1.807, 2.05) is 0 Å². The Hall–Kier alpha value is 0.770. The van der Waals surface area contributed by atoms with E-state index in [2.05, 4.69) is 43.6 Å². The van der Waals surface area contributed by atoms with Gasteiger partial charge in [0.15, 0.2) is 0 Å². The Morgan fingerprint density at radius 2 is 1.55 bits per heavy atom. The molecule has 0 bridgehead atoms. The molecule has 0 saturated carbocycles. The molecule has 0 nitrogen and oxygen atoms in total. The number of alkyl halides is 2. The van der Waals surface area contributed by atoms with E-state index in [0.29, 0.717) is 0 Å². The van der Waals surface area contributed by atoms with Gasteiger partial charge in [-0.2, -0.15) is 0 Å². The van der Waals surface area contributed by atoms with Crippen molar-refractivity contribution >= 4 is 27.5 Å². The topological polar surface area (TPSA) is 0 Å². The van der Waals surface area contributed by atoms with Crippen molar-refractivity contribution in [2.24, 2.45) is 0 Å². The molecule has 0 radical (unpaired) electrons. The second-order valence-electron chi connectivity index (χ2n) is 4.29. The first kappa shape index (κ1) is 11.8. The van der Waals surface area contributed by atoms with Gasteiger partial charge in [0.25, 0.3) is 0 Å². The minimum atomic E-state index is -0.0295.